The molecule has 0 saturated carbocycles. The lowest BCUT2D eigenvalue weighted by Gasteiger charge is -1.92. The van der Waals surface area contributed by atoms with Crippen molar-refractivity contribution < 1.29 is 0 Å². The first-order valence-corrected chi connectivity index (χ1v) is 6.41. The number of halogens is 1. The summed E-state index contributed by atoms with van der Waals surface area (Å²) in [5.41, 5.74) is 0. The predicted octanol–water partition coefficient (Wildman–Crippen LogP) is 5.26. The van der Waals surface area contributed by atoms with Gasteiger partial charge in [0.25, 0.3) is 0 Å². The lowest BCUT2D eigenvalue weighted by molar-refractivity contribution is 0.776. The molecule has 0 aliphatic rings. The van der Waals surface area contributed by atoms with Crippen LogP contribution < -0.4 is 0 Å². The Balaban J connectivity index is 0.000000187. The predicted molar refractivity (Wildman–Crippen MR) is 74.2 cm³/mol. The second kappa shape index (κ2) is 8.18. The SMILES string of the molecule is CCCCCCl.c1ccc2ccccc2c1. The van der Waals surface area contributed by atoms with Crippen molar-refractivity contribution in [3.8, 4) is 0 Å². The Hall–Kier alpha value is -1.01. The van der Waals surface area contributed by atoms with Gasteiger partial charge in [-0.25, -0.2) is 0 Å². The van der Waals surface area contributed by atoms with Crippen molar-refractivity contribution in [3.63, 3.8) is 0 Å². The molecule has 0 saturated heterocycles. The largest absolute Gasteiger partial charge is 0.127 e. The highest BCUT2D eigenvalue weighted by Gasteiger charge is 1.85. The highest BCUT2D eigenvalue weighted by molar-refractivity contribution is 6.17. The molecule has 0 radical (unpaired) electrons. The summed E-state index contributed by atoms with van der Waals surface area (Å²) in [4.78, 5) is 0. The van der Waals surface area contributed by atoms with Crippen molar-refractivity contribution >= 4 is 22.4 Å². The average molecular weight is 235 g/mol. The molecule has 0 aromatic heterocycles. The zero-order chi connectivity index (χ0) is 11.6. The highest BCUT2D eigenvalue weighted by Crippen LogP contribution is 2.11. The third kappa shape index (κ3) is 4.67. The summed E-state index contributed by atoms with van der Waals surface area (Å²) in [6.45, 7) is 2.17. The van der Waals surface area contributed by atoms with Crippen LogP contribution in [0, 0.1) is 0 Å². The molecule has 0 heterocycles. The van der Waals surface area contributed by atoms with Gasteiger partial charge < -0.3 is 0 Å². The van der Waals surface area contributed by atoms with Gasteiger partial charge in [0.1, 0.15) is 0 Å². The molecule has 0 spiro atoms. The minimum atomic E-state index is 0.827. The molecular formula is C15H19Cl. The van der Waals surface area contributed by atoms with Crippen molar-refractivity contribution in [2.45, 2.75) is 26.2 Å². The van der Waals surface area contributed by atoms with Crippen LogP contribution in [0.1, 0.15) is 26.2 Å². The van der Waals surface area contributed by atoms with E-state index in [9.17, 15) is 0 Å². The van der Waals surface area contributed by atoms with Gasteiger partial charge in [0.15, 0.2) is 0 Å². The van der Waals surface area contributed by atoms with Crippen molar-refractivity contribution in [2.24, 2.45) is 0 Å². The number of rotatable bonds is 3. The Morgan fingerprint density at radius 3 is 1.50 bits per heavy atom. The second-order valence-electron chi connectivity index (χ2n) is 3.74. The van der Waals surface area contributed by atoms with Crippen LogP contribution in [0.5, 0.6) is 0 Å². The molecule has 0 amide bonds. The van der Waals surface area contributed by atoms with Crippen LogP contribution in [0.15, 0.2) is 48.5 Å². The molecule has 0 N–H and O–H groups in total. The average Bonchev–Trinajstić information content (AvgIpc) is 2.37. The fraction of sp³-hybridized carbons (Fsp3) is 0.333. The van der Waals surface area contributed by atoms with Gasteiger partial charge in [-0.1, -0.05) is 68.3 Å². The zero-order valence-electron chi connectivity index (χ0n) is 9.83. The fourth-order valence-electron chi connectivity index (χ4n) is 1.48. The summed E-state index contributed by atoms with van der Waals surface area (Å²) in [6, 6.07) is 16.7. The Bertz CT molecular complexity index is 326. The van der Waals surface area contributed by atoms with Crippen molar-refractivity contribution in [3.05, 3.63) is 48.5 Å². The number of hydrogen-bond acceptors (Lipinski definition) is 0. The molecule has 0 nitrogen and oxygen atoms in total. The summed E-state index contributed by atoms with van der Waals surface area (Å²) in [6.07, 6.45) is 3.73. The van der Waals surface area contributed by atoms with E-state index >= 15 is 0 Å². The fourth-order valence-corrected chi connectivity index (χ4v) is 1.67. The standard InChI is InChI=1S/C10H8.C5H11Cl/c1-2-6-10-8-4-3-7-9(10)5-1;1-2-3-4-5-6/h1-8H;2-5H2,1H3. The number of alkyl halides is 1. The first kappa shape index (κ1) is 13.1. The normalized spacial score (nSPS) is 9.62. The van der Waals surface area contributed by atoms with Gasteiger partial charge in [-0.2, -0.15) is 0 Å². The third-order valence-electron chi connectivity index (χ3n) is 2.40. The third-order valence-corrected chi connectivity index (χ3v) is 2.66. The van der Waals surface area contributed by atoms with Crippen molar-refractivity contribution in [2.75, 3.05) is 5.88 Å². The van der Waals surface area contributed by atoms with E-state index in [-0.39, 0.29) is 0 Å². The van der Waals surface area contributed by atoms with Crippen LogP contribution in [-0.2, 0) is 0 Å². The summed E-state index contributed by atoms with van der Waals surface area (Å²) in [5, 5.41) is 2.62. The van der Waals surface area contributed by atoms with E-state index in [0.717, 1.165) is 5.88 Å². The quantitative estimate of drug-likeness (QED) is 0.502. The monoisotopic (exact) mass is 234 g/mol. The maximum atomic E-state index is 5.38. The van der Waals surface area contributed by atoms with Crippen LogP contribution in [-0.4, -0.2) is 5.88 Å². The van der Waals surface area contributed by atoms with Crippen LogP contribution >= 0.6 is 11.6 Å². The van der Waals surface area contributed by atoms with Crippen LogP contribution in [0.25, 0.3) is 10.8 Å². The molecule has 0 unspecified atom stereocenters. The van der Waals surface area contributed by atoms with Gasteiger partial charge in [-0.05, 0) is 17.2 Å². The molecule has 0 fully saturated rings. The van der Waals surface area contributed by atoms with E-state index in [2.05, 4.69) is 55.5 Å². The first-order valence-electron chi connectivity index (χ1n) is 5.88. The molecule has 2 aromatic rings. The molecule has 86 valence electrons. The molecule has 2 rings (SSSR count). The molecule has 16 heavy (non-hydrogen) atoms. The van der Waals surface area contributed by atoms with Crippen LogP contribution in [0.3, 0.4) is 0 Å². The number of unbranched alkanes of at least 4 members (excludes halogenated alkanes) is 2. The van der Waals surface area contributed by atoms with E-state index in [1.807, 2.05) is 0 Å². The number of benzene rings is 2. The summed E-state index contributed by atoms with van der Waals surface area (Å²) >= 11 is 5.38. The Labute approximate surface area is 103 Å². The Morgan fingerprint density at radius 2 is 1.25 bits per heavy atom. The second-order valence-corrected chi connectivity index (χ2v) is 4.12. The lowest BCUT2D eigenvalue weighted by atomic mass is 10.1. The topological polar surface area (TPSA) is 0 Å². The minimum Gasteiger partial charge on any atom is -0.127 e. The van der Waals surface area contributed by atoms with Crippen LogP contribution in [0.2, 0.25) is 0 Å². The molecule has 2 aromatic carbocycles. The van der Waals surface area contributed by atoms with Crippen LogP contribution in [0.4, 0.5) is 0 Å². The Morgan fingerprint density at radius 1 is 0.812 bits per heavy atom. The molecule has 0 atom stereocenters. The van der Waals surface area contributed by atoms with Gasteiger partial charge in [-0.15, -0.1) is 11.6 Å². The maximum absolute atomic E-state index is 5.38. The van der Waals surface area contributed by atoms with Gasteiger partial charge >= 0.3 is 0 Å². The molecule has 0 aliphatic heterocycles. The van der Waals surface area contributed by atoms with Gasteiger partial charge in [0.05, 0.1) is 0 Å². The van der Waals surface area contributed by atoms with E-state index in [1.165, 1.54) is 30.0 Å². The summed E-state index contributed by atoms with van der Waals surface area (Å²) in [5.74, 6) is 0.827. The van der Waals surface area contributed by atoms with E-state index in [0.29, 0.717) is 0 Å². The highest BCUT2D eigenvalue weighted by atomic mass is 35.5. The number of hydrogen-bond donors (Lipinski definition) is 0. The molecule has 1 heteroatoms. The summed E-state index contributed by atoms with van der Waals surface area (Å²) < 4.78 is 0. The minimum absolute atomic E-state index is 0.827. The van der Waals surface area contributed by atoms with E-state index < -0.39 is 0 Å². The maximum Gasteiger partial charge on any atom is 0.0223 e. The zero-order valence-corrected chi connectivity index (χ0v) is 10.6. The van der Waals surface area contributed by atoms with E-state index in [4.69, 9.17) is 11.6 Å². The Kier molecular flexibility index (Phi) is 6.67. The smallest absolute Gasteiger partial charge is 0.0223 e. The van der Waals surface area contributed by atoms with Gasteiger partial charge in [0.2, 0.25) is 0 Å². The van der Waals surface area contributed by atoms with Crippen molar-refractivity contribution in [1.29, 1.82) is 0 Å². The lowest BCUT2D eigenvalue weighted by Crippen LogP contribution is -1.70. The van der Waals surface area contributed by atoms with Gasteiger partial charge in [-0.3, -0.25) is 0 Å². The van der Waals surface area contributed by atoms with E-state index in [1.54, 1.807) is 0 Å². The molecule has 0 bridgehead atoms. The van der Waals surface area contributed by atoms with Gasteiger partial charge in [0, 0.05) is 5.88 Å². The van der Waals surface area contributed by atoms with Crippen molar-refractivity contribution in [1.82, 2.24) is 0 Å². The summed E-state index contributed by atoms with van der Waals surface area (Å²) in [7, 11) is 0. The number of fused-ring (bicyclic) bond motifs is 1. The molecule has 0 aliphatic carbocycles. The first-order chi connectivity index (χ1) is 7.88. The molecular weight excluding hydrogens is 216 g/mol.